The summed E-state index contributed by atoms with van der Waals surface area (Å²) in [5.41, 5.74) is 2.12. The smallest absolute Gasteiger partial charge is 0.277 e. The number of aromatic nitrogens is 3. The highest BCUT2D eigenvalue weighted by Crippen LogP contribution is 2.11. The van der Waals surface area contributed by atoms with Gasteiger partial charge in [0.2, 0.25) is 0 Å². The van der Waals surface area contributed by atoms with Gasteiger partial charge < -0.3 is 10.5 Å². The lowest BCUT2D eigenvalue weighted by Crippen LogP contribution is -2.12. The fraction of sp³-hybridized carbons (Fsp3) is 0.0909. The number of carbonyl (C=O) groups is 1. The van der Waals surface area contributed by atoms with Gasteiger partial charge in [-0.2, -0.15) is 15.4 Å². The van der Waals surface area contributed by atoms with Crippen molar-refractivity contribution in [3.63, 3.8) is 0 Å². The van der Waals surface area contributed by atoms with Gasteiger partial charge >= 0.3 is 0 Å². The molecule has 0 spiro atoms. The first-order valence-corrected chi connectivity index (χ1v) is 5.17. The standard InChI is InChI=1S/C11H11N5O2/c1-7(15-18)8-2-4-9(5-3-8)13-11(17)10-6-12-16-14-10/h2-6,18H,1H3,(H,13,17)(H,12,14,16). The van der Waals surface area contributed by atoms with E-state index in [1.54, 1.807) is 31.2 Å². The number of aromatic amines is 1. The van der Waals surface area contributed by atoms with Gasteiger partial charge in [-0.3, -0.25) is 4.79 Å². The van der Waals surface area contributed by atoms with E-state index in [0.717, 1.165) is 5.56 Å². The summed E-state index contributed by atoms with van der Waals surface area (Å²) in [4.78, 5) is 11.7. The molecule has 0 saturated carbocycles. The van der Waals surface area contributed by atoms with Crippen molar-refractivity contribution in [2.75, 3.05) is 5.32 Å². The summed E-state index contributed by atoms with van der Waals surface area (Å²) in [5, 5.41) is 24.0. The van der Waals surface area contributed by atoms with Crippen molar-refractivity contribution >= 4 is 17.3 Å². The van der Waals surface area contributed by atoms with E-state index in [4.69, 9.17) is 5.21 Å². The van der Waals surface area contributed by atoms with Crippen molar-refractivity contribution in [1.29, 1.82) is 0 Å². The van der Waals surface area contributed by atoms with E-state index in [2.05, 4.69) is 25.9 Å². The number of oxime groups is 1. The Morgan fingerprint density at radius 3 is 2.67 bits per heavy atom. The van der Waals surface area contributed by atoms with Crippen LogP contribution < -0.4 is 5.32 Å². The summed E-state index contributed by atoms with van der Waals surface area (Å²) >= 11 is 0. The van der Waals surface area contributed by atoms with E-state index in [0.29, 0.717) is 11.4 Å². The zero-order valence-electron chi connectivity index (χ0n) is 9.58. The van der Waals surface area contributed by atoms with E-state index in [-0.39, 0.29) is 11.6 Å². The highest BCUT2D eigenvalue weighted by Gasteiger charge is 2.08. The van der Waals surface area contributed by atoms with Crippen LogP contribution in [0.25, 0.3) is 0 Å². The minimum Gasteiger partial charge on any atom is -0.411 e. The topological polar surface area (TPSA) is 103 Å². The summed E-state index contributed by atoms with van der Waals surface area (Å²) in [6, 6.07) is 6.91. The van der Waals surface area contributed by atoms with Crippen LogP contribution >= 0.6 is 0 Å². The monoisotopic (exact) mass is 245 g/mol. The van der Waals surface area contributed by atoms with Gasteiger partial charge in [-0.15, -0.1) is 0 Å². The molecule has 0 unspecified atom stereocenters. The van der Waals surface area contributed by atoms with E-state index in [9.17, 15) is 4.79 Å². The van der Waals surface area contributed by atoms with E-state index in [1.807, 2.05) is 0 Å². The first-order chi connectivity index (χ1) is 8.70. The van der Waals surface area contributed by atoms with Gasteiger partial charge in [-0.1, -0.05) is 17.3 Å². The maximum atomic E-state index is 11.7. The fourth-order valence-corrected chi connectivity index (χ4v) is 1.36. The number of hydrogen-bond acceptors (Lipinski definition) is 5. The number of hydrogen-bond donors (Lipinski definition) is 3. The van der Waals surface area contributed by atoms with Crippen LogP contribution in [-0.2, 0) is 0 Å². The molecule has 92 valence electrons. The third kappa shape index (κ3) is 2.51. The second-order valence-corrected chi connectivity index (χ2v) is 3.57. The number of benzene rings is 1. The molecular weight excluding hydrogens is 234 g/mol. The van der Waals surface area contributed by atoms with Crippen LogP contribution in [0.15, 0.2) is 35.6 Å². The number of amides is 1. The number of anilines is 1. The Labute approximate surface area is 103 Å². The largest absolute Gasteiger partial charge is 0.411 e. The zero-order valence-corrected chi connectivity index (χ0v) is 9.58. The van der Waals surface area contributed by atoms with Crippen LogP contribution in [0, 0.1) is 0 Å². The Morgan fingerprint density at radius 2 is 2.11 bits per heavy atom. The summed E-state index contributed by atoms with van der Waals surface area (Å²) in [7, 11) is 0. The Kier molecular flexibility index (Phi) is 3.33. The molecule has 1 aromatic heterocycles. The van der Waals surface area contributed by atoms with Crippen molar-refractivity contribution in [2.24, 2.45) is 5.16 Å². The number of nitrogens with zero attached hydrogens (tertiary/aromatic N) is 3. The maximum Gasteiger partial charge on any atom is 0.277 e. The molecule has 0 bridgehead atoms. The number of H-pyrrole nitrogens is 1. The lowest BCUT2D eigenvalue weighted by Gasteiger charge is -2.04. The Balaban J connectivity index is 2.09. The summed E-state index contributed by atoms with van der Waals surface area (Å²) in [6.45, 7) is 1.68. The SMILES string of the molecule is CC(=NO)c1ccc(NC(=O)c2cn[nH]n2)cc1. The molecular formula is C11H11N5O2. The first kappa shape index (κ1) is 11.8. The molecule has 0 aliphatic heterocycles. The highest BCUT2D eigenvalue weighted by atomic mass is 16.4. The first-order valence-electron chi connectivity index (χ1n) is 5.17. The van der Waals surface area contributed by atoms with Crippen LogP contribution in [-0.4, -0.2) is 32.2 Å². The second kappa shape index (κ2) is 5.09. The lowest BCUT2D eigenvalue weighted by atomic mass is 10.1. The van der Waals surface area contributed by atoms with E-state index >= 15 is 0 Å². The molecule has 3 N–H and O–H groups in total. The predicted molar refractivity (Wildman–Crippen MR) is 64.8 cm³/mol. The van der Waals surface area contributed by atoms with Gasteiger partial charge in [0.1, 0.15) is 0 Å². The minimum atomic E-state index is -0.343. The average Bonchev–Trinajstić information content (AvgIpc) is 2.92. The third-order valence-electron chi connectivity index (χ3n) is 2.36. The molecule has 1 heterocycles. The van der Waals surface area contributed by atoms with Gasteiger partial charge in [-0.25, -0.2) is 0 Å². The van der Waals surface area contributed by atoms with Gasteiger partial charge in [0.05, 0.1) is 11.9 Å². The molecule has 0 radical (unpaired) electrons. The second-order valence-electron chi connectivity index (χ2n) is 3.57. The van der Waals surface area contributed by atoms with Crippen molar-refractivity contribution in [1.82, 2.24) is 15.4 Å². The molecule has 7 nitrogen and oxygen atoms in total. The van der Waals surface area contributed by atoms with Gasteiger partial charge in [0, 0.05) is 5.69 Å². The molecule has 0 saturated heterocycles. The minimum absolute atomic E-state index is 0.215. The molecule has 2 aromatic rings. The molecule has 1 amide bonds. The van der Waals surface area contributed by atoms with Crippen LogP contribution in [0.1, 0.15) is 23.0 Å². The molecule has 0 atom stereocenters. The summed E-state index contributed by atoms with van der Waals surface area (Å²) in [6.07, 6.45) is 1.34. The Bertz CT molecular complexity index is 560. The Morgan fingerprint density at radius 1 is 1.39 bits per heavy atom. The van der Waals surface area contributed by atoms with Crippen LogP contribution in [0.5, 0.6) is 0 Å². The summed E-state index contributed by atoms with van der Waals surface area (Å²) < 4.78 is 0. The summed E-state index contributed by atoms with van der Waals surface area (Å²) in [5.74, 6) is -0.343. The van der Waals surface area contributed by atoms with Crippen LogP contribution in [0.2, 0.25) is 0 Å². The fourth-order valence-electron chi connectivity index (χ4n) is 1.36. The quantitative estimate of drug-likeness (QED) is 0.430. The molecule has 7 heteroatoms. The molecule has 2 rings (SSSR count). The molecule has 1 aromatic carbocycles. The van der Waals surface area contributed by atoms with Crippen LogP contribution in [0.4, 0.5) is 5.69 Å². The lowest BCUT2D eigenvalue weighted by molar-refractivity contribution is 0.102. The number of carbonyl (C=O) groups excluding carboxylic acids is 1. The molecule has 0 aliphatic carbocycles. The average molecular weight is 245 g/mol. The van der Waals surface area contributed by atoms with E-state index < -0.39 is 0 Å². The molecule has 18 heavy (non-hydrogen) atoms. The van der Waals surface area contributed by atoms with Crippen LogP contribution in [0.3, 0.4) is 0 Å². The van der Waals surface area contributed by atoms with Crippen molar-refractivity contribution in [3.8, 4) is 0 Å². The normalized spacial score (nSPS) is 11.3. The number of nitrogens with one attached hydrogen (secondary N) is 2. The van der Waals surface area contributed by atoms with E-state index in [1.165, 1.54) is 6.20 Å². The van der Waals surface area contributed by atoms with Gasteiger partial charge in [0.15, 0.2) is 5.69 Å². The van der Waals surface area contributed by atoms with Gasteiger partial charge in [-0.05, 0) is 24.6 Å². The van der Waals surface area contributed by atoms with Crippen molar-refractivity contribution in [3.05, 3.63) is 41.7 Å². The zero-order chi connectivity index (χ0) is 13.0. The molecule has 0 aliphatic rings. The van der Waals surface area contributed by atoms with Crippen molar-refractivity contribution < 1.29 is 10.0 Å². The highest BCUT2D eigenvalue weighted by molar-refractivity contribution is 6.03. The van der Waals surface area contributed by atoms with Gasteiger partial charge in [0.25, 0.3) is 5.91 Å². The van der Waals surface area contributed by atoms with Crippen molar-refractivity contribution in [2.45, 2.75) is 6.92 Å². The maximum absolute atomic E-state index is 11.7. The predicted octanol–water partition coefficient (Wildman–Crippen LogP) is 1.26. The number of rotatable bonds is 3. The Hall–Kier alpha value is -2.70. The third-order valence-corrected chi connectivity index (χ3v) is 2.36. The molecule has 0 fully saturated rings.